The van der Waals surface area contributed by atoms with Gasteiger partial charge in [-0.1, -0.05) is 29.3 Å². The van der Waals surface area contributed by atoms with Crippen molar-refractivity contribution >= 4 is 11.8 Å². The molecule has 154 valence electrons. The van der Waals surface area contributed by atoms with E-state index in [4.69, 9.17) is 0 Å². The first-order valence-electron chi connectivity index (χ1n) is 10.0. The average molecular weight is 397 g/mol. The lowest BCUT2D eigenvalue weighted by molar-refractivity contribution is -0.130. The molecule has 1 saturated heterocycles. The number of hydrogen-bond donors (Lipinski definition) is 1. The second kappa shape index (κ2) is 9.65. The van der Waals surface area contributed by atoms with Crippen LogP contribution in [0.25, 0.3) is 0 Å². The summed E-state index contributed by atoms with van der Waals surface area (Å²) in [6.45, 7) is 7.59. The fraction of sp³-hybridized carbons (Fsp3) is 0.391. The normalized spacial score (nSPS) is 15.1. The van der Waals surface area contributed by atoms with Gasteiger partial charge in [-0.05, 0) is 50.1 Å². The van der Waals surface area contributed by atoms with Crippen LogP contribution in [0.5, 0.6) is 0 Å². The Morgan fingerprint density at radius 3 is 2.34 bits per heavy atom. The van der Waals surface area contributed by atoms with Crippen molar-refractivity contribution in [1.82, 2.24) is 15.1 Å². The van der Waals surface area contributed by atoms with Crippen LogP contribution in [0.2, 0.25) is 0 Å². The van der Waals surface area contributed by atoms with Gasteiger partial charge >= 0.3 is 0 Å². The van der Waals surface area contributed by atoms with Crippen LogP contribution < -0.4 is 5.32 Å². The summed E-state index contributed by atoms with van der Waals surface area (Å²) in [5.41, 5.74) is 3.69. The molecule has 6 heteroatoms. The molecule has 1 fully saturated rings. The molecule has 2 aromatic carbocycles. The predicted molar refractivity (Wildman–Crippen MR) is 111 cm³/mol. The van der Waals surface area contributed by atoms with Gasteiger partial charge in [0.2, 0.25) is 5.91 Å². The van der Waals surface area contributed by atoms with Gasteiger partial charge in [-0.15, -0.1) is 0 Å². The number of carbonyl (C=O) groups is 2. The molecule has 0 aliphatic carbocycles. The van der Waals surface area contributed by atoms with Crippen LogP contribution in [0.3, 0.4) is 0 Å². The number of nitrogens with one attached hydrogen (secondary N) is 1. The molecule has 0 radical (unpaired) electrons. The number of amides is 2. The highest BCUT2D eigenvalue weighted by atomic mass is 19.1. The zero-order chi connectivity index (χ0) is 20.8. The van der Waals surface area contributed by atoms with E-state index in [0.717, 1.165) is 42.7 Å². The number of carbonyl (C=O) groups excluding carboxylic acids is 2. The van der Waals surface area contributed by atoms with Crippen LogP contribution in [0.15, 0.2) is 42.5 Å². The number of halogens is 1. The lowest BCUT2D eigenvalue weighted by Crippen LogP contribution is -2.42. The maximum Gasteiger partial charge on any atom is 0.251 e. The molecule has 0 unspecified atom stereocenters. The topological polar surface area (TPSA) is 52.7 Å². The Bertz CT molecular complexity index is 847. The minimum atomic E-state index is -0.232. The smallest absolute Gasteiger partial charge is 0.251 e. The Hall–Kier alpha value is -2.73. The SMILES string of the molecule is Cc1cc(C)cc(C(=O)NCC(=O)N2CCCN(Cc3ccc(F)cc3)CC2)c1. The lowest BCUT2D eigenvalue weighted by Gasteiger charge is -2.22. The van der Waals surface area contributed by atoms with Gasteiger partial charge in [0, 0.05) is 38.3 Å². The van der Waals surface area contributed by atoms with Gasteiger partial charge in [-0.2, -0.15) is 0 Å². The summed E-state index contributed by atoms with van der Waals surface area (Å²) < 4.78 is 13.1. The maximum absolute atomic E-state index is 13.1. The van der Waals surface area contributed by atoms with Gasteiger partial charge in [-0.3, -0.25) is 14.5 Å². The van der Waals surface area contributed by atoms with E-state index in [9.17, 15) is 14.0 Å². The quantitative estimate of drug-likeness (QED) is 0.844. The van der Waals surface area contributed by atoms with Crippen molar-refractivity contribution in [3.63, 3.8) is 0 Å². The Balaban J connectivity index is 1.48. The molecule has 3 rings (SSSR count). The van der Waals surface area contributed by atoms with Crippen LogP contribution in [0.1, 0.15) is 33.5 Å². The van der Waals surface area contributed by atoms with E-state index in [1.54, 1.807) is 12.1 Å². The Kier molecular flexibility index (Phi) is 6.99. The van der Waals surface area contributed by atoms with Gasteiger partial charge in [0.25, 0.3) is 5.91 Å². The van der Waals surface area contributed by atoms with Crippen molar-refractivity contribution < 1.29 is 14.0 Å². The van der Waals surface area contributed by atoms with Crippen LogP contribution in [0.4, 0.5) is 4.39 Å². The van der Waals surface area contributed by atoms with E-state index in [2.05, 4.69) is 10.2 Å². The second-order valence-electron chi connectivity index (χ2n) is 7.70. The fourth-order valence-electron chi connectivity index (χ4n) is 3.70. The monoisotopic (exact) mass is 397 g/mol. The summed E-state index contributed by atoms with van der Waals surface area (Å²) in [6, 6.07) is 12.2. The molecular formula is C23H28FN3O2. The van der Waals surface area contributed by atoms with Gasteiger partial charge < -0.3 is 10.2 Å². The zero-order valence-corrected chi connectivity index (χ0v) is 17.1. The highest BCUT2D eigenvalue weighted by Crippen LogP contribution is 2.11. The molecule has 1 N–H and O–H groups in total. The van der Waals surface area contributed by atoms with E-state index in [1.807, 2.05) is 36.9 Å². The second-order valence-corrected chi connectivity index (χ2v) is 7.70. The van der Waals surface area contributed by atoms with Crippen LogP contribution in [0, 0.1) is 19.7 Å². The van der Waals surface area contributed by atoms with Crippen LogP contribution in [-0.2, 0) is 11.3 Å². The summed E-state index contributed by atoms with van der Waals surface area (Å²) >= 11 is 0. The van der Waals surface area contributed by atoms with E-state index in [-0.39, 0.29) is 24.2 Å². The molecule has 0 spiro atoms. The highest BCUT2D eigenvalue weighted by molar-refractivity contribution is 5.96. The van der Waals surface area contributed by atoms with Gasteiger partial charge in [0.1, 0.15) is 5.82 Å². The third-order valence-electron chi connectivity index (χ3n) is 5.14. The van der Waals surface area contributed by atoms with Crippen molar-refractivity contribution in [2.45, 2.75) is 26.8 Å². The first kappa shape index (κ1) is 21.0. The van der Waals surface area contributed by atoms with Crippen LogP contribution >= 0.6 is 0 Å². The third kappa shape index (κ3) is 6.12. The first-order chi connectivity index (χ1) is 13.9. The van der Waals surface area contributed by atoms with Crippen molar-refractivity contribution in [3.05, 3.63) is 70.5 Å². The van der Waals surface area contributed by atoms with Crippen molar-refractivity contribution in [2.75, 3.05) is 32.7 Å². The van der Waals surface area contributed by atoms with E-state index < -0.39 is 0 Å². The number of benzene rings is 2. The Morgan fingerprint density at radius 2 is 1.66 bits per heavy atom. The van der Waals surface area contributed by atoms with Crippen molar-refractivity contribution in [2.24, 2.45) is 0 Å². The number of hydrogen-bond acceptors (Lipinski definition) is 3. The molecule has 2 amide bonds. The molecule has 0 aromatic heterocycles. The largest absolute Gasteiger partial charge is 0.343 e. The molecule has 1 aliphatic heterocycles. The predicted octanol–water partition coefficient (Wildman–Crippen LogP) is 2.91. The summed E-state index contributed by atoms with van der Waals surface area (Å²) in [5, 5.41) is 2.75. The van der Waals surface area contributed by atoms with Crippen LogP contribution in [-0.4, -0.2) is 54.3 Å². The van der Waals surface area contributed by atoms with E-state index in [1.165, 1.54) is 12.1 Å². The summed E-state index contributed by atoms with van der Waals surface area (Å²) in [4.78, 5) is 29.0. The molecule has 0 atom stereocenters. The fourth-order valence-corrected chi connectivity index (χ4v) is 3.70. The van der Waals surface area contributed by atoms with E-state index >= 15 is 0 Å². The summed E-state index contributed by atoms with van der Waals surface area (Å²) in [6.07, 6.45) is 0.873. The standard InChI is InChI=1S/C23H28FN3O2/c1-17-12-18(2)14-20(13-17)23(29)25-15-22(28)27-9-3-8-26(10-11-27)16-19-4-6-21(24)7-5-19/h4-7,12-14H,3,8-11,15-16H2,1-2H3,(H,25,29). The molecule has 0 saturated carbocycles. The summed E-state index contributed by atoms with van der Waals surface area (Å²) in [5.74, 6) is -0.520. The first-order valence-corrected chi connectivity index (χ1v) is 10.0. The summed E-state index contributed by atoms with van der Waals surface area (Å²) in [7, 11) is 0. The van der Waals surface area contributed by atoms with Gasteiger partial charge in [-0.25, -0.2) is 4.39 Å². The van der Waals surface area contributed by atoms with Crippen molar-refractivity contribution in [1.29, 1.82) is 0 Å². The Labute approximate surface area is 171 Å². The zero-order valence-electron chi connectivity index (χ0n) is 17.1. The highest BCUT2D eigenvalue weighted by Gasteiger charge is 2.20. The lowest BCUT2D eigenvalue weighted by atomic mass is 10.1. The van der Waals surface area contributed by atoms with E-state index in [0.29, 0.717) is 18.7 Å². The number of aryl methyl sites for hydroxylation is 2. The molecule has 0 bridgehead atoms. The third-order valence-corrected chi connectivity index (χ3v) is 5.14. The maximum atomic E-state index is 13.1. The minimum Gasteiger partial charge on any atom is -0.343 e. The average Bonchev–Trinajstić information content (AvgIpc) is 2.92. The molecule has 2 aromatic rings. The van der Waals surface area contributed by atoms with Gasteiger partial charge in [0.05, 0.1) is 6.54 Å². The van der Waals surface area contributed by atoms with Gasteiger partial charge in [0.15, 0.2) is 0 Å². The number of rotatable bonds is 5. The Morgan fingerprint density at radius 1 is 0.966 bits per heavy atom. The minimum absolute atomic E-state index is 0.00375. The molecule has 29 heavy (non-hydrogen) atoms. The molecule has 5 nitrogen and oxygen atoms in total. The number of nitrogens with zero attached hydrogens (tertiary/aromatic N) is 2. The van der Waals surface area contributed by atoms with Crippen molar-refractivity contribution in [3.8, 4) is 0 Å². The molecule has 1 heterocycles. The molecule has 1 aliphatic rings. The molecular weight excluding hydrogens is 369 g/mol.